The maximum atomic E-state index is 13.4. The van der Waals surface area contributed by atoms with Crippen molar-refractivity contribution >= 4 is 23.3 Å². The van der Waals surface area contributed by atoms with Gasteiger partial charge in [0.15, 0.2) is 0 Å². The lowest BCUT2D eigenvalue weighted by Crippen LogP contribution is -2.14. The van der Waals surface area contributed by atoms with Crippen LogP contribution in [0.4, 0.5) is 10.1 Å². The summed E-state index contributed by atoms with van der Waals surface area (Å²) in [6.07, 6.45) is -0.475. The Bertz CT molecular complexity index is 476. The molecular formula is C10H9ClFNO4. The number of nitro benzene ring substituents is 1. The van der Waals surface area contributed by atoms with E-state index >= 15 is 0 Å². The highest BCUT2D eigenvalue weighted by molar-refractivity contribution is 6.35. The molecular weight excluding hydrogens is 253 g/mol. The van der Waals surface area contributed by atoms with Gasteiger partial charge in [-0.1, -0.05) is 11.6 Å². The number of halogens is 2. The molecule has 0 atom stereocenters. The molecule has 1 aromatic rings. The van der Waals surface area contributed by atoms with Crippen molar-refractivity contribution in [3.05, 3.63) is 38.7 Å². The van der Waals surface area contributed by atoms with Crippen LogP contribution >= 0.6 is 11.6 Å². The van der Waals surface area contributed by atoms with Crippen LogP contribution in [-0.2, 0) is 4.74 Å². The van der Waals surface area contributed by atoms with E-state index in [-0.39, 0.29) is 0 Å². The van der Waals surface area contributed by atoms with Crippen molar-refractivity contribution in [3.8, 4) is 0 Å². The lowest BCUT2D eigenvalue weighted by molar-refractivity contribution is -0.384. The number of nitro groups is 1. The van der Waals surface area contributed by atoms with Crippen LogP contribution < -0.4 is 0 Å². The van der Waals surface area contributed by atoms with Gasteiger partial charge in [0.2, 0.25) is 0 Å². The summed E-state index contributed by atoms with van der Waals surface area (Å²) in [5.41, 5.74) is -1.15. The van der Waals surface area contributed by atoms with Crippen molar-refractivity contribution in [2.24, 2.45) is 0 Å². The summed E-state index contributed by atoms with van der Waals surface area (Å²) in [6.45, 7) is 3.14. The van der Waals surface area contributed by atoms with E-state index in [2.05, 4.69) is 0 Å². The predicted molar refractivity (Wildman–Crippen MR) is 58.6 cm³/mol. The molecule has 0 fully saturated rings. The SMILES string of the molecule is CC(C)OC(=O)c1c(F)ccc([N+](=O)[O-])c1Cl. The average Bonchev–Trinajstić information content (AvgIpc) is 2.15. The lowest BCUT2D eigenvalue weighted by atomic mass is 10.2. The third kappa shape index (κ3) is 2.91. The Hall–Kier alpha value is -1.69. The van der Waals surface area contributed by atoms with Gasteiger partial charge in [0.05, 0.1) is 11.0 Å². The van der Waals surface area contributed by atoms with E-state index in [9.17, 15) is 19.3 Å². The summed E-state index contributed by atoms with van der Waals surface area (Å²) in [7, 11) is 0. The summed E-state index contributed by atoms with van der Waals surface area (Å²) >= 11 is 5.60. The zero-order valence-electron chi connectivity index (χ0n) is 9.07. The Morgan fingerprint density at radius 1 is 1.53 bits per heavy atom. The molecule has 17 heavy (non-hydrogen) atoms. The van der Waals surface area contributed by atoms with E-state index < -0.39 is 39.1 Å². The van der Waals surface area contributed by atoms with Crippen LogP contribution in [0.5, 0.6) is 0 Å². The Morgan fingerprint density at radius 2 is 2.12 bits per heavy atom. The van der Waals surface area contributed by atoms with Crippen LogP contribution in [0, 0.1) is 15.9 Å². The molecule has 0 aromatic heterocycles. The van der Waals surface area contributed by atoms with E-state index in [1.54, 1.807) is 13.8 Å². The monoisotopic (exact) mass is 261 g/mol. The molecule has 1 rings (SSSR count). The third-order valence-electron chi connectivity index (χ3n) is 1.81. The maximum absolute atomic E-state index is 13.4. The van der Waals surface area contributed by atoms with Crippen molar-refractivity contribution in [1.82, 2.24) is 0 Å². The second-order valence-electron chi connectivity index (χ2n) is 3.47. The normalized spacial score (nSPS) is 10.4. The van der Waals surface area contributed by atoms with E-state index in [4.69, 9.17) is 16.3 Å². The molecule has 0 radical (unpaired) electrons. The molecule has 7 heteroatoms. The van der Waals surface area contributed by atoms with Crippen LogP contribution in [0.25, 0.3) is 0 Å². The van der Waals surface area contributed by atoms with Crippen molar-refractivity contribution in [2.75, 3.05) is 0 Å². The summed E-state index contributed by atoms with van der Waals surface area (Å²) in [5, 5.41) is 10.0. The zero-order chi connectivity index (χ0) is 13.2. The van der Waals surface area contributed by atoms with Gasteiger partial charge in [-0.25, -0.2) is 9.18 Å². The van der Waals surface area contributed by atoms with Gasteiger partial charge in [-0.2, -0.15) is 0 Å². The summed E-state index contributed by atoms with van der Waals surface area (Å²) in [4.78, 5) is 21.3. The summed E-state index contributed by atoms with van der Waals surface area (Å²) < 4.78 is 18.1. The molecule has 0 amide bonds. The number of nitrogens with zero attached hydrogens (tertiary/aromatic N) is 1. The van der Waals surface area contributed by atoms with Gasteiger partial charge in [0.1, 0.15) is 16.4 Å². The third-order valence-corrected chi connectivity index (χ3v) is 2.20. The Labute approximate surface area is 101 Å². The highest BCUT2D eigenvalue weighted by Crippen LogP contribution is 2.30. The Balaban J connectivity index is 3.27. The van der Waals surface area contributed by atoms with Crippen molar-refractivity contribution in [3.63, 3.8) is 0 Å². The van der Waals surface area contributed by atoms with Gasteiger partial charge >= 0.3 is 5.97 Å². The number of ether oxygens (including phenoxy) is 1. The highest BCUT2D eigenvalue weighted by atomic mass is 35.5. The minimum absolute atomic E-state index is 0.475. The smallest absolute Gasteiger partial charge is 0.343 e. The van der Waals surface area contributed by atoms with Crippen molar-refractivity contribution in [2.45, 2.75) is 20.0 Å². The van der Waals surface area contributed by atoms with Gasteiger partial charge in [-0.3, -0.25) is 10.1 Å². The van der Waals surface area contributed by atoms with Crippen LogP contribution in [0.15, 0.2) is 12.1 Å². The van der Waals surface area contributed by atoms with Crippen LogP contribution in [0.1, 0.15) is 24.2 Å². The van der Waals surface area contributed by atoms with Crippen LogP contribution in [0.2, 0.25) is 5.02 Å². The number of hydrogen-bond donors (Lipinski definition) is 0. The molecule has 1 aromatic carbocycles. The second kappa shape index (κ2) is 5.09. The lowest BCUT2D eigenvalue weighted by Gasteiger charge is -2.09. The molecule has 0 aliphatic heterocycles. The molecule has 0 saturated carbocycles. The fourth-order valence-electron chi connectivity index (χ4n) is 1.14. The molecule has 0 aliphatic rings. The van der Waals surface area contributed by atoms with Gasteiger partial charge in [-0.15, -0.1) is 0 Å². The van der Waals surface area contributed by atoms with E-state index in [1.165, 1.54) is 0 Å². The molecule has 5 nitrogen and oxygen atoms in total. The maximum Gasteiger partial charge on any atom is 0.343 e. The average molecular weight is 262 g/mol. The molecule has 92 valence electrons. The molecule has 0 spiro atoms. The van der Waals surface area contributed by atoms with E-state index in [1.807, 2.05) is 0 Å². The fraction of sp³-hybridized carbons (Fsp3) is 0.300. The first-order chi connectivity index (χ1) is 7.84. The molecule has 0 aliphatic carbocycles. The Kier molecular flexibility index (Phi) is 4.01. The van der Waals surface area contributed by atoms with E-state index in [0.717, 1.165) is 12.1 Å². The summed E-state index contributed by atoms with van der Waals surface area (Å²) in [5.74, 6) is -1.97. The number of esters is 1. The Morgan fingerprint density at radius 3 is 2.59 bits per heavy atom. The molecule has 0 N–H and O–H groups in total. The molecule has 0 bridgehead atoms. The topological polar surface area (TPSA) is 69.4 Å². The first-order valence-electron chi connectivity index (χ1n) is 4.68. The van der Waals surface area contributed by atoms with Gasteiger partial charge in [-0.05, 0) is 19.9 Å². The van der Waals surface area contributed by atoms with Crippen LogP contribution in [0.3, 0.4) is 0 Å². The summed E-state index contributed by atoms with van der Waals surface area (Å²) in [6, 6.07) is 1.70. The van der Waals surface area contributed by atoms with Crippen LogP contribution in [-0.4, -0.2) is 17.0 Å². The second-order valence-corrected chi connectivity index (χ2v) is 3.84. The van der Waals surface area contributed by atoms with Gasteiger partial charge in [0.25, 0.3) is 5.69 Å². The molecule has 0 saturated heterocycles. The number of carbonyl (C=O) groups is 1. The number of rotatable bonds is 3. The molecule has 0 unspecified atom stereocenters. The quantitative estimate of drug-likeness (QED) is 0.476. The first-order valence-corrected chi connectivity index (χ1v) is 5.05. The molecule has 0 heterocycles. The zero-order valence-corrected chi connectivity index (χ0v) is 9.82. The fourth-order valence-corrected chi connectivity index (χ4v) is 1.44. The van der Waals surface area contributed by atoms with Crippen molar-refractivity contribution in [1.29, 1.82) is 0 Å². The van der Waals surface area contributed by atoms with Crippen molar-refractivity contribution < 1.29 is 18.8 Å². The standard InChI is InChI=1S/C10H9ClFNO4/c1-5(2)17-10(14)8-6(12)3-4-7(9(8)11)13(15)16/h3-5H,1-2H3. The number of benzene rings is 1. The predicted octanol–water partition coefficient (Wildman–Crippen LogP) is 2.95. The van der Waals surface area contributed by atoms with Gasteiger partial charge in [0, 0.05) is 6.07 Å². The van der Waals surface area contributed by atoms with Gasteiger partial charge < -0.3 is 4.74 Å². The minimum atomic E-state index is -1.02. The minimum Gasteiger partial charge on any atom is -0.459 e. The first kappa shape index (κ1) is 13.4. The van der Waals surface area contributed by atoms with E-state index in [0.29, 0.717) is 0 Å². The number of hydrogen-bond acceptors (Lipinski definition) is 4. The highest BCUT2D eigenvalue weighted by Gasteiger charge is 2.25. The number of carbonyl (C=O) groups excluding carboxylic acids is 1. The largest absolute Gasteiger partial charge is 0.459 e.